The van der Waals surface area contributed by atoms with Gasteiger partial charge in [0.25, 0.3) is 0 Å². The van der Waals surface area contributed by atoms with Gasteiger partial charge in [0, 0.05) is 29.3 Å². The van der Waals surface area contributed by atoms with Crippen LogP contribution < -0.4 is 5.32 Å². The third kappa shape index (κ3) is 5.34. The summed E-state index contributed by atoms with van der Waals surface area (Å²) in [7, 11) is 0. The maximum atomic E-state index is 13.3. The summed E-state index contributed by atoms with van der Waals surface area (Å²) >= 11 is 1.61. The molecular weight excluding hydrogens is 534 g/mol. The van der Waals surface area contributed by atoms with Crippen LogP contribution in [0.3, 0.4) is 0 Å². The van der Waals surface area contributed by atoms with Gasteiger partial charge in [0.15, 0.2) is 17.5 Å². The fraction of sp³-hybridized carbons (Fsp3) is 0.531. The Balaban J connectivity index is 1.29. The number of imidazole rings is 1. The highest BCUT2D eigenvalue weighted by molar-refractivity contribution is 8.02. The minimum Gasteiger partial charge on any atom is -0.480 e. The van der Waals surface area contributed by atoms with Crippen LogP contribution in [-0.4, -0.2) is 60.2 Å². The third-order valence-electron chi connectivity index (χ3n) is 8.83. The minimum atomic E-state index is -0.948. The van der Waals surface area contributed by atoms with Crippen molar-refractivity contribution in [3.8, 4) is 5.69 Å². The summed E-state index contributed by atoms with van der Waals surface area (Å²) in [5.74, 6) is 0.269. The first-order valence-corrected chi connectivity index (χ1v) is 16.0. The second kappa shape index (κ2) is 11.7. The summed E-state index contributed by atoms with van der Waals surface area (Å²) in [6, 6.07) is 11.2. The minimum absolute atomic E-state index is 0.166. The number of carboxylic acids is 1. The Hall–Kier alpha value is -3.04. The van der Waals surface area contributed by atoms with Crippen molar-refractivity contribution in [3.05, 3.63) is 54.0 Å². The molecular formula is C32H39N5O3S. The van der Waals surface area contributed by atoms with E-state index in [-0.39, 0.29) is 28.7 Å². The number of ketones is 1. The molecule has 2 N–H and O–H groups in total. The van der Waals surface area contributed by atoms with Crippen molar-refractivity contribution < 1.29 is 14.7 Å². The number of hydrogen-bond donors (Lipinski definition) is 2. The fourth-order valence-electron chi connectivity index (χ4n) is 6.77. The molecule has 2 aromatic heterocycles. The number of hydrogen-bond acceptors (Lipinski definition) is 7. The van der Waals surface area contributed by atoms with Crippen molar-refractivity contribution in [3.63, 3.8) is 0 Å². The predicted molar refractivity (Wildman–Crippen MR) is 163 cm³/mol. The van der Waals surface area contributed by atoms with Gasteiger partial charge in [-0.05, 0) is 62.1 Å². The van der Waals surface area contributed by atoms with E-state index in [9.17, 15) is 14.7 Å². The number of fused-ring (bicyclic) bond motifs is 1. The number of Topliss-reactive ketones (excluding diaryl/α,β-unsaturated/α-hetero) is 1. The van der Waals surface area contributed by atoms with Crippen LogP contribution >= 0.6 is 11.8 Å². The summed E-state index contributed by atoms with van der Waals surface area (Å²) in [5.41, 5.74) is 3.82. The Labute approximate surface area is 245 Å². The highest BCUT2D eigenvalue weighted by Gasteiger charge is 2.59. The Morgan fingerprint density at radius 2 is 1.93 bits per heavy atom. The van der Waals surface area contributed by atoms with Crippen LogP contribution in [0.2, 0.25) is 0 Å². The molecule has 0 radical (unpaired) electrons. The van der Waals surface area contributed by atoms with E-state index < -0.39 is 17.4 Å². The Kier molecular flexibility index (Phi) is 8.01. The molecule has 8 nitrogen and oxygen atoms in total. The smallest absolute Gasteiger partial charge is 0.328 e. The monoisotopic (exact) mass is 573 g/mol. The number of pyridine rings is 1. The number of nitrogens with zero attached hydrogens (tertiary/aromatic N) is 4. The van der Waals surface area contributed by atoms with Crippen molar-refractivity contribution in [1.29, 1.82) is 0 Å². The lowest BCUT2D eigenvalue weighted by atomic mass is 9.58. The van der Waals surface area contributed by atoms with Crippen LogP contribution in [0.15, 0.2) is 47.6 Å². The average molecular weight is 574 g/mol. The van der Waals surface area contributed by atoms with Gasteiger partial charge in [0.05, 0.1) is 11.5 Å². The first-order valence-electron chi connectivity index (χ1n) is 15.0. The molecule has 1 saturated heterocycles. The predicted octanol–water partition coefficient (Wildman–Crippen LogP) is 5.72. The molecule has 1 aromatic carbocycles. The normalized spacial score (nSPS) is 24.2. The SMILES string of the molecule is CC(C)SC1C(=O)C2(CCCCC2)C1=N[C@@H](Cc1ccc(-n2c(C3CCCCN3)nc3cccnc32)cc1)C(=O)O. The highest BCUT2D eigenvalue weighted by Crippen LogP contribution is 2.51. The molecule has 41 heavy (non-hydrogen) atoms. The number of aromatic nitrogens is 3. The van der Waals surface area contributed by atoms with Crippen molar-refractivity contribution in [1.82, 2.24) is 19.9 Å². The molecule has 3 heterocycles. The quantitative estimate of drug-likeness (QED) is 0.355. The summed E-state index contributed by atoms with van der Waals surface area (Å²) < 4.78 is 2.12. The van der Waals surface area contributed by atoms with Crippen LogP contribution in [0.4, 0.5) is 0 Å². The van der Waals surface area contributed by atoms with Gasteiger partial charge in [0.1, 0.15) is 16.6 Å². The maximum Gasteiger partial charge on any atom is 0.328 e. The molecule has 216 valence electrons. The molecule has 2 aliphatic carbocycles. The number of carbonyl (C=O) groups is 2. The van der Waals surface area contributed by atoms with Crippen LogP contribution in [-0.2, 0) is 16.0 Å². The summed E-state index contributed by atoms with van der Waals surface area (Å²) in [5, 5.41) is 13.8. The van der Waals surface area contributed by atoms with E-state index in [4.69, 9.17) is 9.98 Å². The Morgan fingerprint density at radius 3 is 2.61 bits per heavy atom. The van der Waals surface area contributed by atoms with Gasteiger partial charge in [-0.3, -0.25) is 14.4 Å². The average Bonchev–Trinajstić information content (AvgIpc) is 3.39. The van der Waals surface area contributed by atoms with Gasteiger partial charge in [-0.1, -0.05) is 51.7 Å². The lowest BCUT2D eigenvalue weighted by Gasteiger charge is -2.50. The van der Waals surface area contributed by atoms with Gasteiger partial charge < -0.3 is 10.4 Å². The van der Waals surface area contributed by atoms with Crippen molar-refractivity contribution in [2.75, 3.05) is 6.54 Å². The zero-order valence-electron chi connectivity index (χ0n) is 23.9. The maximum absolute atomic E-state index is 13.3. The van der Waals surface area contributed by atoms with E-state index in [1.54, 1.807) is 18.0 Å². The van der Waals surface area contributed by atoms with Crippen molar-refractivity contribution in [2.45, 2.75) is 94.2 Å². The van der Waals surface area contributed by atoms with Gasteiger partial charge in [0.2, 0.25) is 0 Å². The molecule has 3 aromatic rings. The summed E-state index contributed by atoms with van der Waals surface area (Å²) in [4.78, 5) is 40.2. The largest absolute Gasteiger partial charge is 0.480 e. The van der Waals surface area contributed by atoms with Crippen molar-refractivity contribution in [2.24, 2.45) is 10.4 Å². The number of piperidine rings is 1. The molecule has 1 aliphatic heterocycles. The zero-order chi connectivity index (χ0) is 28.6. The Morgan fingerprint density at radius 1 is 1.15 bits per heavy atom. The van der Waals surface area contributed by atoms with E-state index in [2.05, 4.69) is 28.7 Å². The highest BCUT2D eigenvalue weighted by atomic mass is 32.2. The first kappa shape index (κ1) is 28.1. The number of nitrogens with one attached hydrogen (secondary N) is 1. The molecule has 0 amide bonds. The number of carboxylic acid groups (broad SMARTS) is 1. The van der Waals surface area contributed by atoms with E-state index in [0.717, 1.165) is 85.4 Å². The van der Waals surface area contributed by atoms with E-state index >= 15 is 0 Å². The number of thioether (sulfide) groups is 1. The standard InChI is InChI=1S/C32H39N5O3S/c1-20(2)41-26-27(32(28(26)38)15-5-3-6-16-32)35-25(31(39)40)19-21-11-13-22(14-12-21)37-29-24(10-8-18-34-29)36-30(37)23-9-4-7-17-33-23/h8,10-14,18,20,23,25-26,33H,3-7,9,15-17,19H2,1-2H3,(H,39,40)/t23?,25-,26?/m0/s1. The van der Waals surface area contributed by atoms with Crippen LogP contribution in [0.1, 0.15) is 82.6 Å². The van der Waals surface area contributed by atoms with Crippen LogP contribution in [0.5, 0.6) is 0 Å². The molecule has 1 spiro atoms. The molecule has 9 heteroatoms. The summed E-state index contributed by atoms with van der Waals surface area (Å²) in [6.07, 6.45) is 10.2. The number of benzene rings is 1. The number of rotatable bonds is 8. The topological polar surface area (TPSA) is 109 Å². The molecule has 3 atom stereocenters. The number of carbonyl (C=O) groups excluding carboxylic acids is 1. The molecule has 2 unspecified atom stereocenters. The number of aliphatic imine (C=N–C) groups is 1. The molecule has 6 rings (SSSR count). The van der Waals surface area contributed by atoms with Crippen molar-refractivity contribution >= 4 is 40.4 Å². The van der Waals surface area contributed by atoms with Gasteiger partial charge in [-0.25, -0.2) is 14.8 Å². The Bertz CT molecular complexity index is 1450. The zero-order valence-corrected chi connectivity index (χ0v) is 24.7. The molecule has 2 saturated carbocycles. The van der Waals surface area contributed by atoms with Gasteiger partial charge in [-0.2, -0.15) is 0 Å². The second-order valence-corrected chi connectivity index (χ2v) is 13.7. The van der Waals surface area contributed by atoms with Gasteiger partial charge >= 0.3 is 5.97 Å². The van der Waals surface area contributed by atoms with Crippen LogP contribution in [0, 0.1) is 5.41 Å². The van der Waals surface area contributed by atoms with Crippen LogP contribution in [0.25, 0.3) is 16.9 Å². The number of aliphatic carboxylic acids is 1. The van der Waals surface area contributed by atoms with E-state index in [1.165, 1.54) is 6.42 Å². The lowest BCUT2D eigenvalue weighted by molar-refractivity contribution is -0.138. The molecule has 3 fully saturated rings. The fourth-order valence-corrected chi connectivity index (χ4v) is 8.08. The molecule has 0 bridgehead atoms. The second-order valence-electron chi connectivity index (χ2n) is 12.0. The van der Waals surface area contributed by atoms with Gasteiger partial charge in [-0.15, -0.1) is 11.8 Å². The van der Waals surface area contributed by atoms with E-state index in [0.29, 0.717) is 0 Å². The lowest BCUT2D eigenvalue weighted by Crippen LogP contribution is -2.62. The van der Waals surface area contributed by atoms with E-state index in [1.807, 2.05) is 36.4 Å². The first-order chi connectivity index (χ1) is 19.9. The summed E-state index contributed by atoms with van der Waals surface area (Å²) in [6.45, 7) is 5.13. The molecule has 3 aliphatic rings. The third-order valence-corrected chi connectivity index (χ3v) is 10.1.